The second kappa shape index (κ2) is 12.0. The van der Waals surface area contributed by atoms with E-state index in [1.807, 2.05) is 4.90 Å². The molecule has 3 aromatic carbocycles. The van der Waals surface area contributed by atoms with Gasteiger partial charge in [0.05, 0.1) is 34.8 Å². The number of methoxy groups -OCH3 is 1. The van der Waals surface area contributed by atoms with Gasteiger partial charge in [-0.1, -0.05) is 47.5 Å². The molecule has 2 heterocycles. The highest BCUT2D eigenvalue weighted by molar-refractivity contribution is 6.31. The van der Waals surface area contributed by atoms with Crippen LogP contribution in [0.25, 0.3) is 0 Å². The van der Waals surface area contributed by atoms with Crippen LogP contribution >= 0.6 is 23.2 Å². The van der Waals surface area contributed by atoms with Crippen LogP contribution < -0.4 is 10.6 Å². The third-order valence-corrected chi connectivity index (χ3v) is 9.70. The second-order valence-electron chi connectivity index (χ2n) is 11.9. The first-order chi connectivity index (χ1) is 21.5. The molecule has 3 aromatic rings. The summed E-state index contributed by atoms with van der Waals surface area (Å²) in [6.07, 6.45) is 0.883. The van der Waals surface area contributed by atoms with Crippen molar-refractivity contribution in [2.75, 3.05) is 19.0 Å². The molecule has 2 fully saturated rings. The van der Waals surface area contributed by atoms with Gasteiger partial charge < -0.3 is 20.5 Å². The summed E-state index contributed by atoms with van der Waals surface area (Å²) >= 11 is 12.6. The number of rotatable bonds is 9. The molecule has 236 valence electrons. The number of amides is 1. The molecule has 10 nitrogen and oxygen atoms in total. The molecule has 1 aliphatic carbocycles. The Labute approximate surface area is 268 Å². The summed E-state index contributed by atoms with van der Waals surface area (Å²) in [6, 6.07) is 12.2. The summed E-state index contributed by atoms with van der Waals surface area (Å²) in [5.41, 5.74) is -0.288. The fourth-order valence-corrected chi connectivity index (χ4v) is 7.48. The second-order valence-corrected chi connectivity index (χ2v) is 12.7. The number of carbonyl (C=O) groups excluding carboxylic acids is 2. The standard InChI is InChI=1S/C32H31Cl2FN4O6/c1-16(40)29-28(36-14-19-9-8-18(30(41)45-2)12-25(19)39(43)44)26(21-4-3-5-23(34)27(21)35)32(38(29)15-17-6-7-17)22-11-10-20(33)13-24(22)37-31(32)42/h3-5,8-13,16-17,26,28-29,36,40H,6-7,14-15H2,1-2H3,(H,37,42)/t16-,26+,28+,29+,32-/m1/s1. The van der Waals surface area contributed by atoms with E-state index in [9.17, 15) is 24.8 Å². The van der Waals surface area contributed by atoms with E-state index in [1.54, 1.807) is 37.3 Å². The first-order valence-corrected chi connectivity index (χ1v) is 15.3. The van der Waals surface area contributed by atoms with Gasteiger partial charge in [0.15, 0.2) is 0 Å². The topological polar surface area (TPSA) is 134 Å². The maximum Gasteiger partial charge on any atom is 0.338 e. The molecule has 5 atom stereocenters. The lowest BCUT2D eigenvalue weighted by Crippen LogP contribution is -2.55. The molecule has 1 amide bonds. The smallest absolute Gasteiger partial charge is 0.338 e. The minimum atomic E-state index is -1.48. The van der Waals surface area contributed by atoms with Crippen molar-refractivity contribution < 1.29 is 28.7 Å². The van der Waals surface area contributed by atoms with Crippen LogP contribution in [0.3, 0.4) is 0 Å². The van der Waals surface area contributed by atoms with Gasteiger partial charge in [0.25, 0.3) is 5.69 Å². The average Bonchev–Trinajstić information content (AvgIpc) is 3.72. The predicted molar refractivity (Wildman–Crippen MR) is 166 cm³/mol. The first-order valence-electron chi connectivity index (χ1n) is 14.6. The monoisotopic (exact) mass is 656 g/mol. The van der Waals surface area contributed by atoms with E-state index in [-0.39, 0.29) is 39.9 Å². The minimum absolute atomic E-state index is 0.0157. The van der Waals surface area contributed by atoms with Crippen LogP contribution in [-0.2, 0) is 21.6 Å². The van der Waals surface area contributed by atoms with Gasteiger partial charge in [-0.15, -0.1) is 0 Å². The van der Waals surface area contributed by atoms with E-state index >= 15 is 4.39 Å². The van der Waals surface area contributed by atoms with Crippen LogP contribution in [0, 0.1) is 21.8 Å². The van der Waals surface area contributed by atoms with Gasteiger partial charge in [0.2, 0.25) is 5.91 Å². The number of nitro groups is 1. The molecule has 0 unspecified atom stereocenters. The highest BCUT2D eigenvalue weighted by Gasteiger charge is 2.68. The van der Waals surface area contributed by atoms with Gasteiger partial charge in [0.1, 0.15) is 11.4 Å². The number of aliphatic hydroxyl groups excluding tert-OH is 1. The Morgan fingerprint density at radius 3 is 2.67 bits per heavy atom. The predicted octanol–water partition coefficient (Wildman–Crippen LogP) is 5.39. The van der Waals surface area contributed by atoms with Crippen LogP contribution in [0.15, 0.2) is 54.6 Å². The van der Waals surface area contributed by atoms with E-state index < -0.39 is 52.3 Å². The zero-order chi connectivity index (χ0) is 32.2. The number of nitro benzene ring substituents is 1. The Kier molecular flexibility index (Phi) is 8.34. The summed E-state index contributed by atoms with van der Waals surface area (Å²) in [5.74, 6) is -2.49. The van der Waals surface area contributed by atoms with Gasteiger partial charge in [-0.2, -0.15) is 0 Å². The molecule has 0 radical (unpaired) electrons. The quantitative estimate of drug-likeness (QED) is 0.159. The Morgan fingerprint density at radius 1 is 1.24 bits per heavy atom. The van der Waals surface area contributed by atoms with Crippen molar-refractivity contribution in [1.82, 2.24) is 10.2 Å². The lowest BCUT2D eigenvalue weighted by Gasteiger charge is -2.40. The lowest BCUT2D eigenvalue weighted by molar-refractivity contribution is -0.385. The highest BCUT2D eigenvalue weighted by atomic mass is 35.5. The van der Waals surface area contributed by atoms with Crippen molar-refractivity contribution >= 4 is 46.5 Å². The molecule has 45 heavy (non-hydrogen) atoms. The molecule has 0 aromatic heterocycles. The van der Waals surface area contributed by atoms with Crippen LogP contribution in [0.1, 0.15) is 52.7 Å². The Hall–Kier alpha value is -3.61. The van der Waals surface area contributed by atoms with Crippen molar-refractivity contribution in [2.24, 2.45) is 5.92 Å². The van der Waals surface area contributed by atoms with Gasteiger partial charge >= 0.3 is 5.97 Å². The molecule has 0 bridgehead atoms. The number of nitrogens with one attached hydrogen (secondary N) is 2. The zero-order valence-electron chi connectivity index (χ0n) is 24.4. The molecule has 13 heteroatoms. The number of carbonyl (C=O) groups is 2. The maximum atomic E-state index is 16.1. The van der Waals surface area contributed by atoms with E-state index in [1.165, 1.54) is 25.3 Å². The zero-order valence-corrected chi connectivity index (χ0v) is 25.9. The number of hydrogen-bond donors (Lipinski definition) is 3. The van der Waals surface area contributed by atoms with Crippen LogP contribution in [0.5, 0.6) is 0 Å². The highest BCUT2D eigenvalue weighted by Crippen LogP contribution is 2.59. The fourth-order valence-electron chi connectivity index (χ4n) is 7.13. The molecule has 6 rings (SSSR count). The number of esters is 1. The Morgan fingerprint density at radius 2 is 2.00 bits per heavy atom. The van der Waals surface area contributed by atoms with Gasteiger partial charge in [-0.3, -0.25) is 19.8 Å². The van der Waals surface area contributed by atoms with Gasteiger partial charge in [-0.25, -0.2) is 9.18 Å². The Bertz CT molecular complexity index is 1700. The molecule has 1 spiro atoms. The lowest BCUT2D eigenvalue weighted by atomic mass is 9.73. The summed E-state index contributed by atoms with van der Waals surface area (Å²) in [4.78, 5) is 40.0. The molecule has 3 aliphatic rings. The number of nitrogens with zero attached hydrogens (tertiary/aromatic N) is 2. The first kappa shape index (κ1) is 31.4. The summed E-state index contributed by atoms with van der Waals surface area (Å²) < 4.78 is 20.8. The maximum absolute atomic E-state index is 16.1. The van der Waals surface area contributed by atoms with E-state index in [4.69, 9.17) is 27.9 Å². The molecular formula is C32H31Cl2FN4O6. The molecule has 1 saturated carbocycles. The molecule has 3 N–H and O–H groups in total. The Balaban J connectivity index is 1.54. The average molecular weight is 658 g/mol. The molecular weight excluding hydrogens is 626 g/mol. The third kappa shape index (κ3) is 5.26. The summed E-state index contributed by atoms with van der Waals surface area (Å²) in [5, 5.41) is 30.1. The number of likely N-dealkylation sites (tertiary alicyclic amines) is 1. The van der Waals surface area contributed by atoms with Crippen LogP contribution in [-0.4, -0.2) is 58.6 Å². The van der Waals surface area contributed by atoms with Gasteiger partial charge in [-0.05, 0) is 55.5 Å². The van der Waals surface area contributed by atoms with Crippen molar-refractivity contribution in [3.63, 3.8) is 0 Å². The van der Waals surface area contributed by atoms with Crippen LogP contribution in [0.4, 0.5) is 15.8 Å². The number of fused-ring (bicyclic) bond motifs is 2. The number of aliphatic hydroxyl groups is 1. The number of benzene rings is 3. The normalized spacial score (nSPS) is 24.8. The van der Waals surface area contributed by atoms with Crippen molar-refractivity contribution in [1.29, 1.82) is 0 Å². The van der Waals surface area contributed by atoms with Crippen molar-refractivity contribution in [3.8, 4) is 0 Å². The van der Waals surface area contributed by atoms with Gasteiger partial charge in [0, 0.05) is 53.0 Å². The summed E-state index contributed by atoms with van der Waals surface area (Å²) in [7, 11) is 1.18. The number of hydrogen-bond acceptors (Lipinski definition) is 8. The van der Waals surface area contributed by atoms with E-state index in [0.29, 0.717) is 22.8 Å². The SMILES string of the molecule is COC(=O)c1ccc(CN[C@@H]2[C@H]([C@@H](C)O)N(CC3CC3)[C@@]3(C(=O)Nc4cc(Cl)ccc43)[C@H]2c2cccc(Cl)c2F)c([N+](=O)[O-])c1. The third-order valence-electron chi connectivity index (χ3n) is 9.17. The molecule has 2 aliphatic heterocycles. The van der Waals surface area contributed by atoms with E-state index in [0.717, 1.165) is 18.9 Å². The number of anilines is 1. The molecule has 1 saturated heterocycles. The van der Waals surface area contributed by atoms with Crippen molar-refractivity contribution in [2.45, 2.75) is 56.0 Å². The number of ether oxygens (including phenoxy) is 1. The number of halogens is 3. The van der Waals surface area contributed by atoms with E-state index in [2.05, 4.69) is 10.6 Å². The van der Waals surface area contributed by atoms with Crippen LogP contribution in [0.2, 0.25) is 10.0 Å². The van der Waals surface area contributed by atoms with Crippen molar-refractivity contribution in [3.05, 3.63) is 103 Å². The largest absolute Gasteiger partial charge is 0.465 e. The minimum Gasteiger partial charge on any atom is -0.465 e. The fraction of sp³-hybridized carbons (Fsp3) is 0.375. The summed E-state index contributed by atoms with van der Waals surface area (Å²) in [6.45, 7) is 1.98.